The molecule has 28 heavy (non-hydrogen) atoms. The highest BCUT2D eigenvalue weighted by Gasteiger charge is 2.19. The average molecular weight is 417 g/mol. The van der Waals surface area contributed by atoms with E-state index >= 15 is 0 Å². The predicted octanol–water partition coefficient (Wildman–Crippen LogP) is 4.40. The van der Waals surface area contributed by atoms with Crippen molar-refractivity contribution in [2.45, 2.75) is 4.90 Å². The summed E-state index contributed by atoms with van der Waals surface area (Å²) in [6.45, 7) is 0. The van der Waals surface area contributed by atoms with Crippen molar-refractivity contribution < 1.29 is 17.9 Å². The van der Waals surface area contributed by atoms with Gasteiger partial charge in [0.2, 0.25) is 0 Å². The van der Waals surface area contributed by atoms with Crippen molar-refractivity contribution in [1.82, 2.24) is 0 Å². The van der Waals surface area contributed by atoms with Crippen LogP contribution in [-0.2, 0) is 10.0 Å². The Bertz CT molecular complexity index is 1080. The first kappa shape index (κ1) is 19.7. The summed E-state index contributed by atoms with van der Waals surface area (Å²) in [6, 6.07) is 19.1. The summed E-state index contributed by atoms with van der Waals surface area (Å²) in [5.41, 5.74) is 0.804. The van der Waals surface area contributed by atoms with Gasteiger partial charge in [-0.3, -0.25) is 9.52 Å². The van der Waals surface area contributed by atoms with Crippen molar-refractivity contribution in [2.75, 3.05) is 17.1 Å². The number of amides is 1. The lowest BCUT2D eigenvalue weighted by atomic mass is 10.1. The molecule has 0 heterocycles. The molecule has 0 aliphatic rings. The molecule has 0 fully saturated rings. The second-order valence-corrected chi connectivity index (χ2v) is 7.91. The highest BCUT2D eigenvalue weighted by Crippen LogP contribution is 2.25. The molecule has 0 aliphatic heterocycles. The number of benzene rings is 3. The van der Waals surface area contributed by atoms with Gasteiger partial charge in [0.25, 0.3) is 15.9 Å². The van der Waals surface area contributed by atoms with Gasteiger partial charge in [0.15, 0.2) is 0 Å². The van der Waals surface area contributed by atoms with E-state index in [1.54, 1.807) is 36.4 Å². The molecule has 0 atom stereocenters. The Hall–Kier alpha value is -3.03. The fourth-order valence-electron chi connectivity index (χ4n) is 2.47. The molecule has 6 nitrogen and oxygen atoms in total. The van der Waals surface area contributed by atoms with E-state index < -0.39 is 15.9 Å². The van der Waals surface area contributed by atoms with Gasteiger partial charge in [-0.05, 0) is 54.6 Å². The van der Waals surface area contributed by atoms with Crippen LogP contribution in [0, 0.1) is 0 Å². The number of rotatable bonds is 6. The van der Waals surface area contributed by atoms with E-state index in [2.05, 4.69) is 10.0 Å². The number of hydrogen-bond acceptors (Lipinski definition) is 4. The second kappa shape index (κ2) is 8.33. The van der Waals surface area contributed by atoms with Crippen molar-refractivity contribution in [2.24, 2.45) is 0 Å². The molecule has 0 unspecified atom stereocenters. The number of ether oxygens (including phenoxy) is 1. The van der Waals surface area contributed by atoms with Gasteiger partial charge < -0.3 is 10.1 Å². The van der Waals surface area contributed by atoms with E-state index in [0.717, 1.165) is 0 Å². The van der Waals surface area contributed by atoms with Crippen LogP contribution >= 0.6 is 11.6 Å². The molecule has 0 spiro atoms. The Balaban J connectivity index is 1.90. The number of sulfonamides is 1. The first-order valence-electron chi connectivity index (χ1n) is 8.22. The molecule has 0 saturated heterocycles. The minimum Gasteiger partial charge on any atom is -0.497 e. The average Bonchev–Trinajstić information content (AvgIpc) is 2.70. The smallest absolute Gasteiger partial charge is 0.261 e. The monoisotopic (exact) mass is 416 g/mol. The van der Waals surface area contributed by atoms with E-state index in [0.29, 0.717) is 16.5 Å². The van der Waals surface area contributed by atoms with Crippen LogP contribution < -0.4 is 14.8 Å². The first-order chi connectivity index (χ1) is 13.4. The molecular weight excluding hydrogens is 400 g/mol. The van der Waals surface area contributed by atoms with Crippen molar-refractivity contribution in [3.8, 4) is 5.75 Å². The Morgan fingerprint density at radius 1 is 0.964 bits per heavy atom. The van der Waals surface area contributed by atoms with E-state index in [1.807, 2.05) is 6.07 Å². The van der Waals surface area contributed by atoms with Gasteiger partial charge in [0.1, 0.15) is 5.75 Å². The summed E-state index contributed by atoms with van der Waals surface area (Å²) >= 11 is 6.01. The van der Waals surface area contributed by atoms with Gasteiger partial charge in [-0.2, -0.15) is 0 Å². The van der Waals surface area contributed by atoms with E-state index in [-0.39, 0.29) is 16.1 Å². The maximum absolute atomic E-state index is 12.7. The van der Waals surface area contributed by atoms with Crippen LogP contribution in [0.2, 0.25) is 5.02 Å². The third-order valence-corrected chi connectivity index (χ3v) is 5.49. The van der Waals surface area contributed by atoms with Gasteiger partial charge in [0.05, 0.1) is 23.3 Å². The SMILES string of the molecule is COc1ccc(S(=O)(=O)Nc2ccc(Cl)cc2C(=O)Nc2ccccc2)cc1. The number of methoxy groups -OCH3 is 1. The molecule has 0 saturated carbocycles. The number of para-hydroxylation sites is 1. The standard InChI is InChI=1S/C20H17ClN2O4S/c1-27-16-8-10-17(11-9-16)28(25,26)23-19-12-7-14(21)13-18(19)20(24)22-15-5-3-2-4-6-15/h2-13,23H,1H3,(H,22,24). The molecule has 1 amide bonds. The molecule has 0 aliphatic carbocycles. The van der Waals surface area contributed by atoms with Crippen LogP contribution in [0.5, 0.6) is 5.75 Å². The molecule has 0 aromatic heterocycles. The maximum Gasteiger partial charge on any atom is 0.261 e. The van der Waals surface area contributed by atoms with Crippen LogP contribution in [-0.4, -0.2) is 21.4 Å². The molecule has 3 aromatic carbocycles. The number of carbonyl (C=O) groups excluding carboxylic acids is 1. The number of hydrogen-bond donors (Lipinski definition) is 2. The summed E-state index contributed by atoms with van der Waals surface area (Å²) in [6.07, 6.45) is 0. The molecule has 0 radical (unpaired) electrons. The molecule has 8 heteroatoms. The second-order valence-electron chi connectivity index (χ2n) is 5.79. The zero-order chi connectivity index (χ0) is 20.1. The van der Waals surface area contributed by atoms with E-state index in [1.165, 1.54) is 37.4 Å². The third kappa shape index (κ3) is 4.62. The van der Waals surface area contributed by atoms with Crippen molar-refractivity contribution in [3.63, 3.8) is 0 Å². The van der Waals surface area contributed by atoms with Crippen LogP contribution in [0.4, 0.5) is 11.4 Å². The zero-order valence-electron chi connectivity index (χ0n) is 14.8. The predicted molar refractivity (Wildman–Crippen MR) is 110 cm³/mol. The summed E-state index contributed by atoms with van der Waals surface area (Å²) in [5.74, 6) is 0.0505. The van der Waals surface area contributed by atoms with E-state index in [4.69, 9.17) is 16.3 Å². The van der Waals surface area contributed by atoms with E-state index in [9.17, 15) is 13.2 Å². The number of anilines is 2. The molecule has 2 N–H and O–H groups in total. The highest BCUT2D eigenvalue weighted by atomic mass is 35.5. The fourth-order valence-corrected chi connectivity index (χ4v) is 3.72. The van der Waals surface area contributed by atoms with Crippen LogP contribution in [0.3, 0.4) is 0 Å². The lowest BCUT2D eigenvalue weighted by molar-refractivity contribution is 0.102. The van der Waals surface area contributed by atoms with Crippen molar-refractivity contribution in [1.29, 1.82) is 0 Å². The lowest BCUT2D eigenvalue weighted by Gasteiger charge is -2.13. The molecular formula is C20H17ClN2O4S. The quantitative estimate of drug-likeness (QED) is 0.623. The number of halogens is 1. The Morgan fingerprint density at radius 3 is 2.29 bits per heavy atom. The minimum atomic E-state index is -3.91. The van der Waals surface area contributed by atoms with Gasteiger partial charge >= 0.3 is 0 Å². The summed E-state index contributed by atoms with van der Waals surface area (Å²) < 4.78 is 32.9. The highest BCUT2D eigenvalue weighted by molar-refractivity contribution is 7.92. The van der Waals surface area contributed by atoms with Gasteiger partial charge in [-0.15, -0.1) is 0 Å². The molecule has 3 aromatic rings. The topological polar surface area (TPSA) is 84.5 Å². The summed E-state index contributed by atoms with van der Waals surface area (Å²) in [5, 5.41) is 3.03. The number of carbonyl (C=O) groups is 1. The molecule has 0 bridgehead atoms. The van der Waals surface area contributed by atoms with Crippen LogP contribution in [0.25, 0.3) is 0 Å². The minimum absolute atomic E-state index is 0.0395. The van der Waals surface area contributed by atoms with Crippen LogP contribution in [0.15, 0.2) is 77.7 Å². The first-order valence-corrected chi connectivity index (χ1v) is 10.1. The lowest BCUT2D eigenvalue weighted by Crippen LogP contribution is -2.18. The number of nitrogens with one attached hydrogen (secondary N) is 2. The van der Waals surface area contributed by atoms with Crippen molar-refractivity contribution in [3.05, 3.63) is 83.4 Å². The third-order valence-electron chi connectivity index (χ3n) is 3.87. The normalized spacial score (nSPS) is 10.9. The van der Waals surface area contributed by atoms with Gasteiger partial charge in [-0.1, -0.05) is 29.8 Å². The van der Waals surface area contributed by atoms with Crippen LogP contribution in [0.1, 0.15) is 10.4 Å². The summed E-state index contributed by atoms with van der Waals surface area (Å²) in [4.78, 5) is 12.7. The maximum atomic E-state index is 12.7. The molecule has 144 valence electrons. The van der Waals surface area contributed by atoms with Gasteiger partial charge in [-0.25, -0.2) is 8.42 Å². The Morgan fingerprint density at radius 2 is 1.64 bits per heavy atom. The largest absolute Gasteiger partial charge is 0.497 e. The van der Waals surface area contributed by atoms with Crippen molar-refractivity contribution >= 4 is 38.9 Å². The van der Waals surface area contributed by atoms with Gasteiger partial charge in [0, 0.05) is 10.7 Å². The Labute approximate surface area is 168 Å². The Kier molecular flexibility index (Phi) is 5.87. The fraction of sp³-hybridized carbons (Fsp3) is 0.0500. The summed E-state index contributed by atoms with van der Waals surface area (Å²) in [7, 11) is -2.42. The zero-order valence-corrected chi connectivity index (χ0v) is 16.4. The molecule has 3 rings (SSSR count).